The highest BCUT2D eigenvalue weighted by atomic mass is 32.2. The highest BCUT2D eigenvalue weighted by Crippen LogP contribution is 2.41. The van der Waals surface area contributed by atoms with Gasteiger partial charge >= 0.3 is 0 Å². The number of aromatic hydroxyl groups is 2. The van der Waals surface area contributed by atoms with Crippen molar-refractivity contribution in [2.24, 2.45) is 0 Å². The van der Waals surface area contributed by atoms with Crippen LogP contribution in [0.5, 0.6) is 34.5 Å². The van der Waals surface area contributed by atoms with E-state index in [1.54, 1.807) is 60.7 Å². The van der Waals surface area contributed by atoms with Crippen molar-refractivity contribution in [1.29, 1.82) is 0 Å². The van der Waals surface area contributed by atoms with E-state index in [4.69, 9.17) is 14.7 Å². The van der Waals surface area contributed by atoms with Gasteiger partial charge in [0.05, 0.1) is 12.0 Å². The van der Waals surface area contributed by atoms with E-state index in [1.807, 2.05) is 43.3 Å². The van der Waals surface area contributed by atoms with Gasteiger partial charge in [-0.15, -0.1) is 4.33 Å². The monoisotopic (exact) mass is 634 g/mol. The third kappa shape index (κ3) is 6.97. The van der Waals surface area contributed by atoms with Crippen molar-refractivity contribution in [2.75, 3.05) is 0 Å². The molecular weight excluding hydrogens is 608 g/mol. The standard InChI is InChI=1S/C32H26O10S2/c1-32(21-5-11-24(33)12-6-21,22-7-13-25(34)14-8-22)23-9-15-26(16-10-23)40-30-18-17-28(20-31(30)44(36,37)38)39-27-3-2-4-29(19-27)43-42-41-35/h2-20,33-35H,1H3,(H,36,37,38). The van der Waals surface area contributed by atoms with Crippen molar-refractivity contribution in [1.82, 2.24) is 0 Å². The number of phenols is 2. The van der Waals surface area contributed by atoms with Gasteiger partial charge in [-0.1, -0.05) is 47.5 Å². The number of ether oxygens (including phenoxy) is 2. The average Bonchev–Trinajstić information content (AvgIpc) is 3.01. The van der Waals surface area contributed by atoms with Crippen LogP contribution in [0.15, 0.2) is 125 Å². The molecule has 0 heterocycles. The molecule has 44 heavy (non-hydrogen) atoms. The zero-order chi connectivity index (χ0) is 31.3. The number of hydrogen-bond donors (Lipinski definition) is 4. The van der Waals surface area contributed by atoms with Crippen LogP contribution < -0.4 is 9.47 Å². The number of phenolic OH excluding ortho intramolecular Hbond substituents is 2. The molecule has 0 spiro atoms. The van der Waals surface area contributed by atoms with Gasteiger partial charge in [-0.2, -0.15) is 8.42 Å². The summed E-state index contributed by atoms with van der Waals surface area (Å²) >= 11 is 0.729. The van der Waals surface area contributed by atoms with Gasteiger partial charge in [0.1, 0.15) is 39.4 Å². The Hall–Kier alpha value is -4.56. The van der Waals surface area contributed by atoms with Crippen LogP contribution in [0.3, 0.4) is 0 Å². The molecule has 12 heteroatoms. The molecule has 0 radical (unpaired) electrons. The molecule has 5 aromatic rings. The fraction of sp³-hybridized carbons (Fsp3) is 0.0625. The van der Waals surface area contributed by atoms with Crippen molar-refractivity contribution >= 4 is 22.2 Å². The summed E-state index contributed by atoms with van der Waals surface area (Å²) in [5, 5.41) is 31.6. The zero-order valence-corrected chi connectivity index (χ0v) is 24.7. The molecule has 10 nitrogen and oxygen atoms in total. The largest absolute Gasteiger partial charge is 0.508 e. The van der Waals surface area contributed by atoms with Crippen LogP contribution in [0, 0.1) is 0 Å². The van der Waals surface area contributed by atoms with Crippen LogP contribution in [0.1, 0.15) is 23.6 Å². The second-order valence-electron chi connectivity index (χ2n) is 9.73. The Balaban J connectivity index is 1.43. The van der Waals surface area contributed by atoms with E-state index in [2.05, 4.69) is 9.37 Å². The van der Waals surface area contributed by atoms with E-state index < -0.39 is 20.4 Å². The first-order chi connectivity index (χ1) is 21.1. The Labute approximate surface area is 257 Å². The van der Waals surface area contributed by atoms with E-state index in [0.717, 1.165) is 34.8 Å². The molecule has 226 valence electrons. The summed E-state index contributed by atoms with van der Waals surface area (Å²) in [4.78, 5) is 0.0292. The topological polar surface area (TPSA) is 152 Å². The zero-order valence-electron chi connectivity index (χ0n) is 23.0. The molecule has 5 aromatic carbocycles. The van der Waals surface area contributed by atoms with Crippen LogP contribution in [-0.4, -0.2) is 28.4 Å². The van der Waals surface area contributed by atoms with E-state index in [0.29, 0.717) is 16.4 Å². The highest BCUT2D eigenvalue weighted by Gasteiger charge is 2.31. The van der Waals surface area contributed by atoms with Crippen molar-refractivity contribution < 1.29 is 47.3 Å². The second-order valence-corrected chi connectivity index (χ2v) is 11.9. The van der Waals surface area contributed by atoms with Gasteiger partial charge in [0.15, 0.2) is 0 Å². The number of rotatable bonds is 11. The smallest absolute Gasteiger partial charge is 0.298 e. The van der Waals surface area contributed by atoms with Crippen molar-refractivity contribution in [3.8, 4) is 34.5 Å². The average molecular weight is 635 g/mol. The van der Waals surface area contributed by atoms with Crippen molar-refractivity contribution in [3.05, 3.63) is 132 Å². The fourth-order valence-electron chi connectivity index (χ4n) is 4.69. The lowest BCUT2D eigenvalue weighted by atomic mass is 9.71. The third-order valence-corrected chi connectivity index (χ3v) is 8.39. The molecule has 5 rings (SSSR count). The van der Waals surface area contributed by atoms with Crippen LogP contribution in [0.4, 0.5) is 0 Å². The van der Waals surface area contributed by atoms with E-state index in [1.165, 1.54) is 12.1 Å². The summed E-state index contributed by atoms with van der Waals surface area (Å²) in [6, 6.07) is 31.2. The summed E-state index contributed by atoms with van der Waals surface area (Å²) in [5.41, 5.74) is 1.94. The lowest BCUT2D eigenvalue weighted by Gasteiger charge is -2.32. The van der Waals surface area contributed by atoms with Gasteiger partial charge in [0, 0.05) is 16.4 Å². The van der Waals surface area contributed by atoms with Gasteiger partial charge in [-0.25, -0.2) is 5.26 Å². The lowest BCUT2D eigenvalue weighted by Crippen LogP contribution is -2.25. The molecule has 0 aromatic heterocycles. The third-order valence-electron chi connectivity index (χ3n) is 6.94. The molecule has 0 aliphatic rings. The number of benzene rings is 5. The lowest BCUT2D eigenvalue weighted by molar-refractivity contribution is -0.432. The molecule has 0 atom stereocenters. The molecule has 4 N–H and O–H groups in total. The Morgan fingerprint density at radius 2 is 1.18 bits per heavy atom. The molecule has 0 bridgehead atoms. The van der Waals surface area contributed by atoms with Gasteiger partial charge in [-0.05, 0) is 90.3 Å². The van der Waals surface area contributed by atoms with Crippen molar-refractivity contribution in [3.63, 3.8) is 0 Å². The molecule has 0 amide bonds. The van der Waals surface area contributed by atoms with Crippen molar-refractivity contribution in [2.45, 2.75) is 22.1 Å². The Kier molecular flexibility index (Phi) is 9.11. The molecule has 0 unspecified atom stereocenters. The van der Waals surface area contributed by atoms with E-state index in [-0.39, 0.29) is 23.0 Å². The second kappa shape index (κ2) is 13.0. The minimum absolute atomic E-state index is 0.111. The minimum atomic E-state index is -4.71. The summed E-state index contributed by atoms with van der Waals surface area (Å²) in [5.74, 6) is 0.888. The van der Waals surface area contributed by atoms with Gasteiger partial charge in [0.2, 0.25) is 0 Å². The molecule has 0 saturated carbocycles. The Morgan fingerprint density at radius 1 is 0.659 bits per heavy atom. The first kappa shape index (κ1) is 30.9. The molecule has 0 aliphatic heterocycles. The predicted octanol–water partition coefficient (Wildman–Crippen LogP) is 7.71. The molecule has 0 aliphatic carbocycles. The molecule has 0 fully saturated rings. The van der Waals surface area contributed by atoms with Gasteiger partial charge in [-0.3, -0.25) is 4.55 Å². The van der Waals surface area contributed by atoms with Crippen LogP contribution >= 0.6 is 12.0 Å². The maximum atomic E-state index is 12.3. The quantitative estimate of drug-likeness (QED) is 0.0372. The highest BCUT2D eigenvalue weighted by molar-refractivity contribution is 7.94. The van der Waals surface area contributed by atoms with Crippen LogP contribution in [0.25, 0.3) is 0 Å². The first-order valence-electron chi connectivity index (χ1n) is 13.0. The fourth-order valence-corrected chi connectivity index (χ4v) is 5.73. The van der Waals surface area contributed by atoms with Gasteiger partial charge < -0.3 is 19.7 Å². The molecular formula is C32H26O10S2. The Bertz CT molecular complexity index is 1800. The van der Waals surface area contributed by atoms with Crippen LogP contribution in [0.2, 0.25) is 0 Å². The Morgan fingerprint density at radius 3 is 1.73 bits per heavy atom. The predicted molar refractivity (Wildman–Crippen MR) is 162 cm³/mol. The van der Waals surface area contributed by atoms with Crippen LogP contribution in [-0.2, 0) is 24.9 Å². The normalized spacial score (nSPS) is 11.7. The summed E-state index contributed by atoms with van der Waals surface area (Å²) < 4.78 is 50.6. The maximum Gasteiger partial charge on any atom is 0.298 e. The summed E-state index contributed by atoms with van der Waals surface area (Å²) in [6.45, 7) is 2.01. The first-order valence-corrected chi connectivity index (χ1v) is 15.2. The summed E-state index contributed by atoms with van der Waals surface area (Å²) in [7, 11) is -4.71. The SMILES string of the molecule is CC(c1ccc(O)cc1)(c1ccc(O)cc1)c1ccc(Oc2ccc(Oc3cccc(SOOO)c3)cc2S(=O)(=O)O)cc1. The maximum absolute atomic E-state index is 12.3. The minimum Gasteiger partial charge on any atom is -0.508 e. The number of hydrogen-bond acceptors (Lipinski definition) is 10. The van der Waals surface area contributed by atoms with E-state index >= 15 is 0 Å². The summed E-state index contributed by atoms with van der Waals surface area (Å²) in [6.07, 6.45) is 0. The molecule has 0 saturated heterocycles. The van der Waals surface area contributed by atoms with Gasteiger partial charge in [0.25, 0.3) is 10.1 Å². The van der Waals surface area contributed by atoms with E-state index in [9.17, 15) is 23.2 Å².